The third-order valence-electron chi connectivity index (χ3n) is 3.82. The normalized spacial score (nSPS) is 11.2. The number of allylic oxidation sites excluding steroid dienone is 1. The van der Waals surface area contributed by atoms with Gasteiger partial charge < -0.3 is 4.74 Å². The number of ether oxygens (including phenoxy) is 1. The third kappa shape index (κ3) is 5.38. The van der Waals surface area contributed by atoms with Crippen LogP contribution in [0.15, 0.2) is 60.2 Å². The molecule has 0 spiro atoms. The zero-order valence-corrected chi connectivity index (χ0v) is 14.4. The van der Waals surface area contributed by atoms with Crippen molar-refractivity contribution in [1.82, 2.24) is 0 Å². The van der Waals surface area contributed by atoms with E-state index in [4.69, 9.17) is 4.74 Å². The molecule has 0 aromatic heterocycles. The number of carbonyl (C=O) groups is 2. The maximum atomic E-state index is 13.3. The molecule has 0 bridgehead atoms. The van der Waals surface area contributed by atoms with Crippen LogP contribution >= 0.6 is 0 Å². The molecule has 0 N–H and O–H groups in total. The average Bonchev–Trinajstić information content (AvgIpc) is 2.63. The molecule has 2 aromatic rings. The lowest BCUT2D eigenvalue weighted by Gasteiger charge is -2.08. The summed E-state index contributed by atoms with van der Waals surface area (Å²) in [5.41, 5.74) is 2.26. The highest BCUT2D eigenvalue weighted by Gasteiger charge is 2.18. The topological polar surface area (TPSA) is 43.4 Å². The van der Waals surface area contributed by atoms with E-state index in [1.165, 1.54) is 6.07 Å². The van der Waals surface area contributed by atoms with Crippen LogP contribution in [-0.2, 0) is 27.4 Å². The van der Waals surface area contributed by atoms with Crippen LogP contribution in [0.25, 0.3) is 0 Å². The summed E-state index contributed by atoms with van der Waals surface area (Å²) in [7, 11) is 0. The van der Waals surface area contributed by atoms with Crippen LogP contribution in [0.5, 0.6) is 0 Å². The van der Waals surface area contributed by atoms with E-state index < -0.39 is 5.97 Å². The smallest absolute Gasteiger partial charge is 0.341 e. The Balaban J connectivity index is 2.10. The Morgan fingerprint density at radius 3 is 2.44 bits per heavy atom. The molecule has 0 aliphatic rings. The molecule has 25 heavy (non-hydrogen) atoms. The molecular weight excluding hydrogens is 319 g/mol. The van der Waals surface area contributed by atoms with Gasteiger partial charge in [-0.05, 0) is 36.1 Å². The fourth-order valence-electron chi connectivity index (χ4n) is 2.36. The molecule has 2 aromatic carbocycles. The first-order valence-corrected chi connectivity index (χ1v) is 8.20. The molecular formula is C21H21FO3. The highest BCUT2D eigenvalue weighted by Crippen LogP contribution is 2.13. The predicted octanol–water partition coefficient (Wildman–Crippen LogP) is 4.33. The molecule has 0 amide bonds. The molecule has 3 nitrogen and oxygen atoms in total. The summed E-state index contributed by atoms with van der Waals surface area (Å²) in [6.07, 6.45) is 2.14. The number of Topliss-reactive ketones (excluding diaryl/α,β-unsaturated/α-hetero) is 1. The molecule has 4 heteroatoms. The van der Waals surface area contributed by atoms with Crippen LogP contribution in [0, 0.1) is 12.7 Å². The van der Waals surface area contributed by atoms with E-state index in [2.05, 4.69) is 0 Å². The lowest BCUT2D eigenvalue weighted by molar-refractivity contribution is -0.141. The van der Waals surface area contributed by atoms with Crippen LogP contribution in [-0.4, -0.2) is 11.8 Å². The Morgan fingerprint density at radius 1 is 1.08 bits per heavy atom. The van der Waals surface area contributed by atoms with Gasteiger partial charge in [-0.1, -0.05) is 55.5 Å². The minimum Gasteiger partial charge on any atom is -0.457 e. The fraction of sp³-hybridized carbons (Fsp3) is 0.238. The largest absolute Gasteiger partial charge is 0.457 e. The van der Waals surface area contributed by atoms with E-state index in [1.807, 2.05) is 30.3 Å². The van der Waals surface area contributed by atoms with Crippen LogP contribution in [0.4, 0.5) is 4.39 Å². The van der Waals surface area contributed by atoms with Crippen molar-refractivity contribution in [2.75, 3.05) is 0 Å². The van der Waals surface area contributed by atoms with Crippen molar-refractivity contribution in [2.24, 2.45) is 0 Å². The van der Waals surface area contributed by atoms with Gasteiger partial charge in [0.25, 0.3) is 0 Å². The van der Waals surface area contributed by atoms with Crippen molar-refractivity contribution in [1.29, 1.82) is 0 Å². The molecule has 0 unspecified atom stereocenters. The summed E-state index contributed by atoms with van der Waals surface area (Å²) in [6.45, 7) is 3.49. The first kappa shape index (κ1) is 18.6. The summed E-state index contributed by atoms with van der Waals surface area (Å²) in [5.74, 6) is -1.17. The number of ketones is 1. The minimum atomic E-state index is -0.630. The van der Waals surface area contributed by atoms with E-state index in [9.17, 15) is 14.0 Å². The quantitative estimate of drug-likeness (QED) is 0.326. The highest BCUT2D eigenvalue weighted by molar-refractivity contribution is 6.17. The fourth-order valence-corrected chi connectivity index (χ4v) is 2.36. The van der Waals surface area contributed by atoms with Crippen molar-refractivity contribution in [3.8, 4) is 0 Å². The second kappa shape index (κ2) is 8.92. The summed E-state index contributed by atoms with van der Waals surface area (Å²) in [4.78, 5) is 24.4. The second-order valence-electron chi connectivity index (χ2n) is 5.74. The summed E-state index contributed by atoms with van der Waals surface area (Å²) in [6, 6.07) is 14.0. The lowest BCUT2D eigenvalue weighted by Crippen LogP contribution is -2.15. The van der Waals surface area contributed by atoms with Crippen molar-refractivity contribution < 1.29 is 18.7 Å². The van der Waals surface area contributed by atoms with Crippen LogP contribution in [0.3, 0.4) is 0 Å². The van der Waals surface area contributed by atoms with E-state index >= 15 is 0 Å². The van der Waals surface area contributed by atoms with Crippen molar-refractivity contribution in [2.45, 2.75) is 33.3 Å². The molecule has 130 valence electrons. The third-order valence-corrected chi connectivity index (χ3v) is 3.82. The summed E-state index contributed by atoms with van der Waals surface area (Å²) in [5, 5.41) is 0. The standard InChI is InChI=1S/C21H21FO3/c1-3-20(23)18(11-9-16-10-12-19(22)15(2)13-16)21(24)25-14-17-7-5-4-6-8-17/h4-8,10-13H,3,9,14H2,1-2H3/b18-11-. The highest BCUT2D eigenvalue weighted by atomic mass is 19.1. The molecule has 0 saturated heterocycles. The Labute approximate surface area is 147 Å². The molecule has 0 saturated carbocycles. The number of halogens is 1. The molecule has 0 aliphatic heterocycles. The molecule has 0 heterocycles. The van der Waals surface area contributed by atoms with Crippen LogP contribution in [0.2, 0.25) is 0 Å². The number of aryl methyl sites for hydroxylation is 1. The second-order valence-corrected chi connectivity index (χ2v) is 5.74. The van der Waals surface area contributed by atoms with Crippen LogP contribution < -0.4 is 0 Å². The number of carbonyl (C=O) groups excluding carboxylic acids is 2. The van der Waals surface area contributed by atoms with Gasteiger partial charge in [-0.25, -0.2) is 9.18 Å². The van der Waals surface area contributed by atoms with Crippen molar-refractivity contribution in [3.05, 3.63) is 82.7 Å². The molecule has 0 fully saturated rings. The van der Waals surface area contributed by atoms with Crippen molar-refractivity contribution >= 4 is 11.8 Å². The number of benzene rings is 2. The number of hydrogen-bond donors (Lipinski definition) is 0. The van der Waals surface area contributed by atoms with Gasteiger partial charge in [0.15, 0.2) is 5.78 Å². The van der Waals surface area contributed by atoms with Gasteiger partial charge in [-0.15, -0.1) is 0 Å². The van der Waals surface area contributed by atoms with Gasteiger partial charge in [0.2, 0.25) is 0 Å². The Bertz CT molecular complexity index is 779. The predicted molar refractivity (Wildman–Crippen MR) is 94.5 cm³/mol. The van der Waals surface area contributed by atoms with Gasteiger partial charge in [-0.3, -0.25) is 4.79 Å². The minimum absolute atomic E-state index is 0.0420. The Hall–Kier alpha value is -2.75. The number of hydrogen-bond acceptors (Lipinski definition) is 3. The van der Waals surface area contributed by atoms with Crippen LogP contribution in [0.1, 0.15) is 30.0 Å². The molecule has 2 rings (SSSR count). The summed E-state index contributed by atoms with van der Waals surface area (Å²) >= 11 is 0. The van der Waals surface area contributed by atoms with Gasteiger partial charge in [0.1, 0.15) is 12.4 Å². The molecule has 0 aliphatic carbocycles. The van der Waals surface area contributed by atoms with E-state index in [1.54, 1.807) is 32.1 Å². The van der Waals surface area contributed by atoms with E-state index in [-0.39, 0.29) is 30.2 Å². The maximum absolute atomic E-state index is 13.3. The zero-order valence-electron chi connectivity index (χ0n) is 14.4. The zero-order chi connectivity index (χ0) is 18.2. The number of rotatable bonds is 7. The lowest BCUT2D eigenvalue weighted by atomic mass is 10.0. The van der Waals surface area contributed by atoms with Gasteiger partial charge >= 0.3 is 5.97 Å². The van der Waals surface area contributed by atoms with Gasteiger partial charge in [-0.2, -0.15) is 0 Å². The molecule has 0 atom stereocenters. The van der Waals surface area contributed by atoms with Gasteiger partial charge in [0, 0.05) is 6.42 Å². The van der Waals surface area contributed by atoms with E-state index in [0.29, 0.717) is 12.0 Å². The first-order valence-electron chi connectivity index (χ1n) is 8.20. The van der Waals surface area contributed by atoms with Gasteiger partial charge in [0.05, 0.1) is 5.57 Å². The summed E-state index contributed by atoms with van der Waals surface area (Å²) < 4.78 is 18.6. The Kier molecular flexibility index (Phi) is 6.63. The SMILES string of the molecule is CCC(=O)/C(=C/Cc1ccc(F)c(C)c1)C(=O)OCc1ccccc1. The first-order chi connectivity index (χ1) is 12.0. The average molecular weight is 340 g/mol. The monoisotopic (exact) mass is 340 g/mol. The number of esters is 1. The van der Waals surface area contributed by atoms with Crippen molar-refractivity contribution in [3.63, 3.8) is 0 Å². The Morgan fingerprint density at radius 2 is 1.80 bits per heavy atom. The molecule has 0 radical (unpaired) electrons. The van der Waals surface area contributed by atoms with E-state index in [0.717, 1.165) is 11.1 Å². The maximum Gasteiger partial charge on any atom is 0.341 e.